The Labute approximate surface area is 882 Å². The van der Waals surface area contributed by atoms with E-state index in [1.165, 1.54) is 49.9 Å². The van der Waals surface area contributed by atoms with E-state index >= 15 is 0 Å². The van der Waals surface area contributed by atoms with Crippen LogP contribution in [0.5, 0.6) is 5.75 Å². The van der Waals surface area contributed by atoms with Crippen molar-refractivity contribution in [3.63, 3.8) is 0 Å². The highest BCUT2D eigenvalue weighted by Gasteiger charge is 2.44. The topological polar surface area (TPSA) is 387 Å². The molecule has 149 heavy (non-hydrogen) atoms. The molecular weight excluding hydrogens is 2010 g/mol. The molecule has 0 aromatic heterocycles. The second-order valence-corrected chi connectivity index (χ2v) is 42.6. The normalized spacial score (nSPS) is 13.5. The SMILES string of the molecule is C=CC(=O)CC(C)(C)C.CC(C)(C)OC(=O)CBr.Cc1ccc2c(c1)NC(=O)CC2.Cc1cccc(-c2ccc3c(c2)N(CC(=O)O)C(=O)CC3)c1.Cc1cccc(-c2ccc3c(c2)N(CC(=O)OC(C)(C)C)C(=O)CC3)c1.Cc1cccc(-c2ccc3c(c2)N(CCC(=O)O)C(=O)CC3)c1.Cc1cccc(-c2ccc3c(c2)NC(=O)CC3)c1.Cc1cccc(B(O)O)c1.O=C1CCc2ccc(O)cc2N1.O=S(=O)(Cl)C(F)(F)F. The van der Waals surface area contributed by atoms with E-state index in [9.17, 15) is 74.3 Å². The van der Waals surface area contributed by atoms with Gasteiger partial charge >= 0.3 is 45.6 Å². The number of anilines is 6. The predicted molar refractivity (Wildman–Crippen MR) is 585 cm³/mol. The van der Waals surface area contributed by atoms with E-state index in [-0.39, 0.29) is 101 Å². The van der Waals surface area contributed by atoms with Gasteiger partial charge < -0.3 is 65.5 Å². The van der Waals surface area contributed by atoms with Crippen LogP contribution in [0.25, 0.3) is 44.5 Å². The van der Waals surface area contributed by atoms with Gasteiger partial charge in [0.25, 0.3) is 0 Å². The number of carboxylic acid groups (broad SMARTS) is 2. The van der Waals surface area contributed by atoms with Gasteiger partial charge in [-0.25, -0.2) is 8.42 Å². The number of benzene rings is 11. The molecule has 11 aromatic rings. The van der Waals surface area contributed by atoms with Crippen molar-refractivity contribution in [2.75, 3.05) is 55.6 Å². The highest BCUT2D eigenvalue weighted by atomic mass is 79.9. The summed E-state index contributed by atoms with van der Waals surface area (Å²) in [6, 6.07) is 75.8. The average Bonchev–Trinajstić information content (AvgIpc) is 0.800. The van der Waals surface area contributed by atoms with Crippen LogP contribution in [-0.4, -0.2) is 148 Å². The van der Waals surface area contributed by atoms with E-state index < -0.39 is 39.2 Å². The lowest BCUT2D eigenvalue weighted by Crippen LogP contribution is -2.41. The van der Waals surface area contributed by atoms with Gasteiger partial charge in [0, 0.05) is 102 Å². The summed E-state index contributed by atoms with van der Waals surface area (Å²) < 4.78 is 61.4. The van der Waals surface area contributed by atoms with E-state index in [1.54, 1.807) is 40.1 Å². The van der Waals surface area contributed by atoms with Crippen LogP contribution in [-0.2, 0) is 110 Å². The van der Waals surface area contributed by atoms with Crippen molar-refractivity contribution in [1.82, 2.24) is 0 Å². The molecular formula is C116H130BBrClF3N6O20S. The number of hydrogen-bond donors (Lipinski definition) is 8. The summed E-state index contributed by atoms with van der Waals surface area (Å²) in [5.74, 6) is -2.08. The Morgan fingerprint density at radius 2 is 0.725 bits per heavy atom. The maximum absolute atomic E-state index is 12.5. The van der Waals surface area contributed by atoms with Gasteiger partial charge in [0.2, 0.25) is 35.4 Å². The summed E-state index contributed by atoms with van der Waals surface area (Å²) in [4.78, 5) is 130. The fourth-order valence-electron chi connectivity index (χ4n) is 16.1. The first-order chi connectivity index (χ1) is 69.9. The first-order valence-electron chi connectivity index (χ1n) is 48.4. The number of nitrogens with one attached hydrogen (secondary N) is 3. The quantitative estimate of drug-likeness (QED) is 0.0155. The van der Waals surface area contributed by atoms with Crippen LogP contribution in [0.4, 0.5) is 47.3 Å². The van der Waals surface area contributed by atoms with Crippen molar-refractivity contribution >= 4 is 147 Å². The fourth-order valence-corrected chi connectivity index (χ4v) is 16.2. The van der Waals surface area contributed by atoms with Crippen LogP contribution < -0.4 is 36.1 Å². The molecule has 6 heterocycles. The number of allylic oxidation sites excluding steroid dienone is 1. The zero-order valence-corrected chi connectivity index (χ0v) is 89.7. The van der Waals surface area contributed by atoms with Crippen LogP contribution in [0.15, 0.2) is 243 Å². The zero-order chi connectivity index (χ0) is 110. The number of amides is 6. The minimum atomic E-state index is -5.37. The lowest BCUT2D eigenvalue weighted by molar-refractivity contribution is -0.154. The number of fused-ring (bicyclic) bond motifs is 6. The number of phenols is 1. The third-order valence-corrected chi connectivity index (χ3v) is 24.6. The second-order valence-electron chi connectivity index (χ2n) is 39.5. The lowest BCUT2D eigenvalue weighted by atomic mass is 9.80. The number of aliphatic carboxylic acids is 2. The van der Waals surface area contributed by atoms with E-state index in [1.807, 2.05) is 187 Å². The van der Waals surface area contributed by atoms with Crippen molar-refractivity contribution in [2.45, 2.75) is 210 Å². The number of aryl methyl sites for hydroxylation is 12. The molecule has 17 rings (SSSR count). The molecule has 0 saturated heterocycles. The number of esters is 2. The predicted octanol–water partition coefficient (Wildman–Crippen LogP) is 22.1. The summed E-state index contributed by atoms with van der Waals surface area (Å²) in [5, 5.41) is 53.2. The van der Waals surface area contributed by atoms with Gasteiger partial charge in [0.1, 0.15) is 35.4 Å². The van der Waals surface area contributed by atoms with Crippen molar-refractivity contribution in [3.8, 4) is 50.3 Å². The average molecular weight is 2140 g/mol. The standard InChI is InChI=1S/C22H25NO3.C19H19NO3.C18H17NO3.C16H15NO.C10H11NO.C9H9NO2.C8H14O.C7H9BO2.C6H11BrO2.CClF3O2S/c1-15-6-5-7-17(12-15)18-9-8-16-10-11-20(24)23(19(16)13-18)14-21(25)26-22(2,3)4;1-13-3-2-4-15(11-13)16-6-5-14-7-8-18(21)20(17(14)12-16)10-9-19(22)23;1-12-3-2-4-14(9-12)15-6-5-13-7-8-17(20)19(11-18(21)22)16(13)10-15;1-11-3-2-4-13(9-11)14-6-5-12-7-8-16(18)17-15(12)10-14;1-7-2-3-8-4-5-10(12)11-9(8)6-7;11-7-3-1-6-2-4-9(12)10-8(6)5-7;1-5-7(9)6-8(2,3)4;1-6-3-2-4-7(5-6)8(9)10;1-6(2,3)9-5(8)4-7;2-8(6,7)1(3,4)5/h5-9,12-13H,10-11,14H2,1-4H3;2-6,11-12H,7-10H2,1H3,(H,22,23);2-6,9-10H,7-8,11H2,1H3,(H,21,22);2-6,9-10H,7-8H2,1H3,(H,17,18);2-3,6H,4-5H2,1H3,(H,11,12);1,3,5,11H,2,4H2,(H,10,12);5H,1,6H2,2-4H3;2-5,9-10H,1H3;4H2,1-3H3;. The largest absolute Gasteiger partial charge is 0.511 e. The Balaban J connectivity index is 0.000000207. The number of carbonyl (C=O) groups is 11. The molecule has 11 aromatic carbocycles. The van der Waals surface area contributed by atoms with Crippen LogP contribution in [0.1, 0.15) is 180 Å². The molecule has 0 fully saturated rings. The second kappa shape index (κ2) is 55.2. The number of carbonyl (C=O) groups excluding carboxylic acids is 9. The number of rotatable bonds is 15. The summed E-state index contributed by atoms with van der Waals surface area (Å²) in [6.45, 7) is 32.5. The Bertz CT molecular complexity index is 6730. The molecule has 0 radical (unpaired) electrons. The Morgan fingerprint density at radius 3 is 1.05 bits per heavy atom. The number of ether oxygens (including phenoxy) is 2. The minimum absolute atomic E-state index is 0.000132. The highest BCUT2D eigenvalue weighted by Crippen LogP contribution is 2.39. The van der Waals surface area contributed by atoms with Gasteiger partial charge in [0.15, 0.2) is 5.78 Å². The maximum Gasteiger partial charge on any atom is 0.511 e. The molecule has 26 nitrogen and oxygen atoms in total. The number of ketones is 1. The smallest absolute Gasteiger partial charge is 0.508 e. The van der Waals surface area contributed by atoms with Gasteiger partial charge in [-0.15, -0.1) is 0 Å². The van der Waals surface area contributed by atoms with Crippen molar-refractivity contribution in [3.05, 3.63) is 310 Å². The Morgan fingerprint density at radius 1 is 0.409 bits per heavy atom. The summed E-state index contributed by atoms with van der Waals surface area (Å²) in [5.41, 5.74) is 21.9. The van der Waals surface area contributed by atoms with E-state index in [4.69, 9.17) is 34.8 Å². The number of alkyl halides is 4. The van der Waals surface area contributed by atoms with E-state index in [0.717, 1.165) is 126 Å². The molecule has 6 aliphatic heterocycles. The molecule has 0 saturated carbocycles. The van der Waals surface area contributed by atoms with Crippen LogP contribution in [0.2, 0.25) is 0 Å². The monoisotopic (exact) mass is 2140 g/mol. The van der Waals surface area contributed by atoms with Gasteiger partial charge in [-0.2, -0.15) is 13.2 Å². The van der Waals surface area contributed by atoms with Crippen LogP contribution in [0, 0.1) is 47.0 Å². The lowest BCUT2D eigenvalue weighted by Gasteiger charge is -2.30. The number of carboxylic acids is 2. The molecule has 0 spiro atoms. The van der Waals surface area contributed by atoms with Gasteiger partial charge in [-0.3, -0.25) is 52.7 Å². The first-order valence-corrected chi connectivity index (χ1v) is 51.9. The molecule has 6 amide bonds. The molecule has 8 N–H and O–H groups in total. The number of hydrogen-bond acceptors (Lipinski definition) is 18. The van der Waals surface area contributed by atoms with Crippen molar-refractivity contribution in [1.29, 1.82) is 0 Å². The number of phenolic OH excluding ortho intramolecular Hbond substituents is 1. The molecule has 0 bridgehead atoms. The highest BCUT2D eigenvalue weighted by molar-refractivity contribution is 9.09. The Hall–Kier alpha value is -14.2. The van der Waals surface area contributed by atoms with Gasteiger partial charge in [-0.1, -0.05) is 259 Å². The third-order valence-electron chi connectivity index (χ3n) is 23.0. The van der Waals surface area contributed by atoms with Crippen LogP contribution in [0.3, 0.4) is 0 Å². The fraction of sp³-hybridized carbons (Fsp3) is 0.319. The number of nitrogens with zero attached hydrogens (tertiary/aromatic N) is 3. The van der Waals surface area contributed by atoms with Crippen molar-refractivity contribution in [2.24, 2.45) is 5.41 Å². The summed E-state index contributed by atoms with van der Waals surface area (Å²) in [7, 11) is -2.86. The minimum Gasteiger partial charge on any atom is -0.508 e. The van der Waals surface area contributed by atoms with E-state index in [2.05, 4.69) is 166 Å². The molecule has 0 aliphatic carbocycles. The maximum atomic E-state index is 12.5. The number of halogens is 5. The molecule has 0 atom stereocenters. The molecule has 788 valence electrons. The Kier molecular flexibility index (Phi) is 44.5. The molecule has 0 unspecified atom stereocenters. The first kappa shape index (κ1) is 120. The molecule has 33 heteroatoms. The van der Waals surface area contributed by atoms with Crippen LogP contribution >= 0.6 is 26.6 Å². The van der Waals surface area contributed by atoms with E-state index in [0.29, 0.717) is 69.7 Å². The van der Waals surface area contributed by atoms with Gasteiger partial charge in [0.05, 0.1) is 6.42 Å². The third kappa shape index (κ3) is 40.1. The zero-order valence-electron chi connectivity index (χ0n) is 86.5. The molecule has 6 aliphatic rings. The van der Waals surface area contributed by atoms with Crippen molar-refractivity contribution < 1.29 is 109 Å². The summed E-state index contributed by atoms with van der Waals surface area (Å²) in [6.07, 6.45) is 9.47. The number of aromatic hydroxyl groups is 1. The summed E-state index contributed by atoms with van der Waals surface area (Å²) >= 11 is 2.99. The van der Waals surface area contributed by atoms with Gasteiger partial charge in [-0.05, 0) is 258 Å².